The average Bonchev–Trinajstić information content (AvgIpc) is 3.35. The molecule has 1 saturated carbocycles. The molecule has 2 N–H and O–H groups in total. The van der Waals surface area contributed by atoms with Gasteiger partial charge < -0.3 is 48.0 Å². The van der Waals surface area contributed by atoms with Crippen molar-refractivity contribution in [2.45, 2.75) is 218 Å². The predicted octanol–water partition coefficient (Wildman–Crippen LogP) is 9.01. The number of ether oxygens (including phenoxy) is 6. The van der Waals surface area contributed by atoms with E-state index in [1.165, 1.54) is 12.0 Å². The summed E-state index contributed by atoms with van der Waals surface area (Å²) in [6.45, 7) is 22.4. The molecule has 5 rings (SSSR count). The van der Waals surface area contributed by atoms with E-state index in [2.05, 4.69) is 46.9 Å². The number of fused-ring (bicyclic) bond motifs is 3. The first kappa shape index (κ1) is 61.2. The first-order valence-corrected chi connectivity index (χ1v) is 30.2. The van der Waals surface area contributed by atoms with Crippen molar-refractivity contribution < 1.29 is 67.0 Å². The van der Waals surface area contributed by atoms with Gasteiger partial charge in [0.25, 0.3) is 11.7 Å². The lowest BCUT2D eigenvalue weighted by atomic mass is 9.74. The lowest BCUT2D eigenvalue weighted by Crippen LogP contribution is -2.64. The second-order valence-corrected chi connectivity index (χ2v) is 28.5. The van der Waals surface area contributed by atoms with Crippen LogP contribution in [0.25, 0.3) is 0 Å². The number of nitrogens with zero attached hydrogens (tertiary/aromatic N) is 1. The number of benzene rings is 1. The van der Waals surface area contributed by atoms with E-state index in [0.717, 1.165) is 11.1 Å². The Bertz CT molecular complexity index is 2140. The number of cyclic esters (lactones) is 1. The predicted molar refractivity (Wildman–Crippen MR) is 284 cm³/mol. The van der Waals surface area contributed by atoms with Gasteiger partial charge in [0, 0.05) is 52.0 Å². The Balaban J connectivity index is 1.57. The highest BCUT2D eigenvalue weighted by atomic mass is 28.4. The molecule has 1 aromatic carbocycles. The quantitative estimate of drug-likeness (QED) is 0.0872. The van der Waals surface area contributed by atoms with Crippen LogP contribution in [0.1, 0.15) is 145 Å². The summed E-state index contributed by atoms with van der Waals surface area (Å²) in [5.74, 6) is -8.02. The molecular weight excluding hydrogens is 963 g/mol. The van der Waals surface area contributed by atoms with E-state index < -0.39 is 104 Å². The number of esters is 2. The minimum absolute atomic E-state index is 0.00809. The number of amides is 1. The molecule has 2 bridgehead atoms. The van der Waals surface area contributed by atoms with Gasteiger partial charge >= 0.3 is 11.9 Å². The number of piperidine rings is 1. The summed E-state index contributed by atoms with van der Waals surface area (Å²) in [6, 6.07) is 8.17. The van der Waals surface area contributed by atoms with Crippen molar-refractivity contribution in [1.82, 2.24) is 4.90 Å². The number of rotatable bonds is 12. The van der Waals surface area contributed by atoms with E-state index in [9.17, 15) is 29.4 Å². The van der Waals surface area contributed by atoms with Gasteiger partial charge in [-0.1, -0.05) is 96.5 Å². The molecule has 15 nitrogen and oxygen atoms in total. The van der Waals surface area contributed by atoms with Crippen LogP contribution in [0.2, 0.25) is 18.1 Å². The highest BCUT2D eigenvalue weighted by Crippen LogP contribution is 2.43. The topological polar surface area (TPSA) is 194 Å². The number of ketones is 2. The summed E-state index contributed by atoms with van der Waals surface area (Å²) < 4.78 is 43.6. The maximum atomic E-state index is 15.0. The van der Waals surface area contributed by atoms with E-state index in [4.69, 9.17) is 32.8 Å². The fraction of sp³-hybridized carbons (Fsp3) is 0.741. The highest BCUT2D eigenvalue weighted by Gasteiger charge is 2.57. The van der Waals surface area contributed by atoms with Crippen molar-refractivity contribution in [2.75, 3.05) is 27.9 Å². The number of carbonyl (C=O) groups is 5. The third kappa shape index (κ3) is 14.9. The minimum atomic E-state index is -2.60. The van der Waals surface area contributed by atoms with Crippen molar-refractivity contribution in [3.63, 3.8) is 0 Å². The lowest BCUT2D eigenvalue weighted by Gasteiger charge is -2.47. The van der Waals surface area contributed by atoms with Gasteiger partial charge in [-0.05, 0) is 119 Å². The summed E-state index contributed by atoms with van der Waals surface area (Å²) in [5, 5.41) is 24.0. The summed E-state index contributed by atoms with van der Waals surface area (Å²) >= 11 is 0. The van der Waals surface area contributed by atoms with E-state index in [1.807, 2.05) is 64.1 Å². The second-order valence-electron chi connectivity index (χ2n) is 23.8. The molecule has 16 heteroatoms. The molecule has 3 fully saturated rings. The van der Waals surface area contributed by atoms with Crippen molar-refractivity contribution in [3.8, 4) is 0 Å². The highest BCUT2D eigenvalue weighted by molar-refractivity contribution is 6.74. The summed E-state index contributed by atoms with van der Waals surface area (Å²) in [6.07, 6.45) is 3.63. The van der Waals surface area contributed by atoms with Gasteiger partial charge in [0.1, 0.15) is 36.2 Å². The molecule has 0 aromatic heterocycles. The zero-order valence-electron chi connectivity index (χ0n) is 47.1. The van der Waals surface area contributed by atoms with Crippen LogP contribution in [-0.2, 0) is 63.4 Å². The van der Waals surface area contributed by atoms with E-state index in [0.29, 0.717) is 50.5 Å². The van der Waals surface area contributed by atoms with Crippen molar-refractivity contribution in [1.29, 1.82) is 0 Å². The summed E-state index contributed by atoms with van der Waals surface area (Å²) in [7, 11) is 1.99. The SMILES string of the molecule is CCC1C=C(C)CC(C)CC(OC)C2OC(O)(C(=O)C(=O)N3CCCCC3C(=O)OC(C(C)=CC3CCC(O)(CC(=O)OCc4ccccc4)C(OC)C3)C(C)C(O[Si](C)(C)C(C)(C)C)CC1=O)C(C)CC2OC. The fourth-order valence-electron chi connectivity index (χ4n) is 11.4. The third-order valence-electron chi connectivity index (χ3n) is 17.1. The van der Waals surface area contributed by atoms with Gasteiger partial charge in [-0.2, -0.15) is 0 Å². The molecule has 0 radical (unpaired) electrons. The molecular formula is C58H91NO14Si. The molecule has 3 heterocycles. The molecule has 14 atom stereocenters. The Morgan fingerprint density at radius 1 is 0.905 bits per heavy atom. The fourth-order valence-corrected chi connectivity index (χ4v) is 12.9. The number of carbonyl (C=O) groups excluding carboxylic acids is 5. The third-order valence-corrected chi connectivity index (χ3v) is 21.6. The van der Waals surface area contributed by atoms with Crippen molar-refractivity contribution in [3.05, 3.63) is 59.2 Å². The lowest BCUT2D eigenvalue weighted by molar-refractivity contribution is -0.302. The Morgan fingerprint density at radius 2 is 1.57 bits per heavy atom. The number of hydrogen-bond donors (Lipinski definition) is 2. The van der Waals surface area contributed by atoms with E-state index in [-0.39, 0.29) is 67.9 Å². The molecule has 1 aromatic rings. The Morgan fingerprint density at radius 3 is 2.19 bits per heavy atom. The average molecular weight is 1050 g/mol. The van der Waals surface area contributed by atoms with Gasteiger partial charge in [-0.15, -0.1) is 0 Å². The van der Waals surface area contributed by atoms with Gasteiger partial charge in [-0.3, -0.25) is 19.2 Å². The van der Waals surface area contributed by atoms with Gasteiger partial charge in [0.05, 0.1) is 30.8 Å². The van der Waals surface area contributed by atoms with E-state index in [1.54, 1.807) is 21.1 Å². The molecule has 0 spiro atoms. The van der Waals surface area contributed by atoms with Crippen LogP contribution >= 0.6 is 0 Å². The number of hydrogen-bond acceptors (Lipinski definition) is 14. The summed E-state index contributed by atoms with van der Waals surface area (Å²) in [5.41, 5.74) is 1.05. The molecule has 1 aliphatic carbocycles. The largest absolute Gasteiger partial charge is 0.461 e. The second kappa shape index (κ2) is 26.2. The van der Waals surface area contributed by atoms with Crippen molar-refractivity contribution >= 4 is 37.7 Å². The van der Waals surface area contributed by atoms with Crippen LogP contribution in [0.15, 0.2) is 53.6 Å². The number of allylic oxidation sites excluding steroid dienone is 3. The standard InChI is InChI=1S/C58H91NO14Si/c1-15-43-28-36(2)27-37(3)29-47(67-10)52-48(68-11)31-39(5)58(66,72-52)53(62)54(63)59-26-20-19-23-44(59)55(64)71-51(40(6)46(33-45(43)60)73-74(13,14)56(7,8)9)38(4)30-42-24-25-57(65,49(32-42)69-12)34-50(61)70-35-41-21-17-16-18-22-41/h16-18,21-22,28,30,37,39-40,42-44,46-49,51-52,65-66H,15,19-20,23-27,29,31-35H2,1-14H3. The van der Waals surface area contributed by atoms with Crippen molar-refractivity contribution in [2.24, 2.45) is 29.6 Å². The summed E-state index contributed by atoms with van der Waals surface area (Å²) in [4.78, 5) is 73.4. The Kier molecular flexibility index (Phi) is 21.6. The smallest absolute Gasteiger partial charge is 0.329 e. The number of methoxy groups -OCH3 is 3. The first-order chi connectivity index (χ1) is 34.7. The maximum absolute atomic E-state index is 15.0. The Labute approximate surface area is 442 Å². The van der Waals surface area contributed by atoms with Crippen LogP contribution in [0.5, 0.6) is 0 Å². The zero-order valence-corrected chi connectivity index (χ0v) is 48.1. The normalized spacial score (nSPS) is 35.0. The number of Topliss-reactive ketones (excluding diaryl/α,β-unsaturated/α-hetero) is 2. The maximum Gasteiger partial charge on any atom is 0.329 e. The molecule has 4 aliphatic rings. The Hall–Kier alpha value is -3.61. The van der Waals surface area contributed by atoms with Gasteiger partial charge in [0.15, 0.2) is 8.32 Å². The van der Waals surface area contributed by atoms with Crippen LogP contribution in [0.3, 0.4) is 0 Å². The van der Waals surface area contributed by atoms with Crippen LogP contribution in [0.4, 0.5) is 0 Å². The molecule has 3 aliphatic heterocycles. The zero-order chi connectivity index (χ0) is 54.9. The molecule has 1 amide bonds. The van der Waals surface area contributed by atoms with Crippen LogP contribution in [0, 0.1) is 29.6 Å². The minimum Gasteiger partial charge on any atom is -0.461 e. The first-order valence-electron chi connectivity index (χ1n) is 27.2. The van der Waals surface area contributed by atoms with Gasteiger partial charge in [0.2, 0.25) is 5.79 Å². The van der Waals surface area contributed by atoms with Crippen LogP contribution in [-0.4, -0.2) is 135 Å². The van der Waals surface area contributed by atoms with E-state index >= 15 is 4.79 Å². The number of aliphatic hydroxyl groups is 2. The molecule has 2 saturated heterocycles. The molecule has 74 heavy (non-hydrogen) atoms. The van der Waals surface area contributed by atoms with Crippen LogP contribution < -0.4 is 0 Å². The molecule has 416 valence electrons. The van der Waals surface area contributed by atoms with Gasteiger partial charge in [-0.25, -0.2) is 4.79 Å². The monoisotopic (exact) mass is 1050 g/mol. The molecule has 14 unspecified atom stereocenters.